The van der Waals surface area contributed by atoms with Crippen LogP contribution in [0.1, 0.15) is 0 Å². The zero-order chi connectivity index (χ0) is 23.7. The highest BCUT2D eigenvalue weighted by molar-refractivity contribution is 6.31. The van der Waals surface area contributed by atoms with E-state index in [9.17, 15) is 63.2 Å². The van der Waals surface area contributed by atoms with Crippen LogP contribution in [0.3, 0.4) is 0 Å². The second-order valence-corrected chi connectivity index (χ2v) is 6.34. The topological polar surface area (TPSA) is 72.2 Å². The molecule has 1 aliphatic rings. The Kier molecular flexibility index (Phi) is 5.02. The predicted octanol–water partition coefficient (Wildman–Crippen LogP) is 5.09. The molecule has 0 radical (unpaired) electrons. The van der Waals surface area contributed by atoms with Crippen molar-refractivity contribution in [3.05, 3.63) is 33.3 Å². The summed E-state index contributed by atoms with van der Waals surface area (Å²) in [5.74, 6) is -40.9. The zero-order valence-corrected chi connectivity index (χ0v) is 14.2. The van der Waals surface area contributed by atoms with Gasteiger partial charge in [0.1, 0.15) is 5.69 Å². The molecule has 1 aromatic rings. The summed E-state index contributed by atoms with van der Waals surface area (Å²) in [7, 11) is 0. The molecule has 1 aliphatic carbocycles. The molecule has 0 atom stereocenters. The number of anilines is 1. The minimum absolute atomic E-state index is 0.325. The number of hydrogen-bond donors (Lipinski definition) is 1. The van der Waals surface area contributed by atoms with E-state index >= 15 is 0 Å². The summed E-state index contributed by atoms with van der Waals surface area (Å²) in [6.45, 7) is 0. The third-order valence-corrected chi connectivity index (χ3v) is 4.40. The molecule has 1 amide bonds. The number of alkyl halides is 11. The zero-order valence-electron chi connectivity index (χ0n) is 13.4. The molecule has 0 bridgehead atoms. The Morgan fingerprint density at radius 2 is 1.23 bits per heavy atom. The summed E-state index contributed by atoms with van der Waals surface area (Å²) < 4.78 is 150. The average Bonchev–Trinajstić information content (AvgIpc) is 2.60. The summed E-state index contributed by atoms with van der Waals surface area (Å²) in [6.07, 6.45) is 0. The Bertz CT molecular complexity index is 892. The van der Waals surface area contributed by atoms with Crippen LogP contribution >= 0.6 is 11.6 Å². The fraction of sp³-hybridized carbons (Fsp3) is 0.462. The van der Waals surface area contributed by atoms with Crippen LogP contribution < -0.4 is 5.32 Å². The van der Waals surface area contributed by atoms with Crippen LogP contribution in [0.15, 0.2) is 18.2 Å². The number of nitro groups is 1. The Hall–Kier alpha value is -2.39. The molecular formula is C13H4ClF11N2O3. The highest BCUT2D eigenvalue weighted by Crippen LogP contribution is 2.69. The molecule has 2 rings (SSSR count). The van der Waals surface area contributed by atoms with Crippen molar-refractivity contribution in [2.24, 2.45) is 0 Å². The molecule has 17 heteroatoms. The third kappa shape index (κ3) is 2.51. The van der Waals surface area contributed by atoms with Crippen molar-refractivity contribution in [2.75, 3.05) is 5.32 Å². The number of nitrogens with zero attached hydrogens (tertiary/aromatic N) is 1. The van der Waals surface area contributed by atoms with E-state index in [1.54, 1.807) is 0 Å². The number of hydrogen-bond acceptors (Lipinski definition) is 3. The summed E-state index contributed by atoms with van der Waals surface area (Å²) in [5, 5.41) is 11.0. The Morgan fingerprint density at radius 3 is 1.63 bits per heavy atom. The van der Waals surface area contributed by atoms with E-state index in [1.165, 1.54) is 0 Å². The van der Waals surface area contributed by atoms with Gasteiger partial charge in [0.15, 0.2) is 0 Å². The quantitative estimate of drug-likeness (QED) is 0.372. The van der Waals surface area contributed by atoms with E-state index in [0.717, 1.165) is 0 Å². The fourth-order valence-corrected chi connectivity index (χ4v) is 2.64. The molecule has 0 unspecified atom stereocenters. The molecule has 1 N–H and O–H groups in total. The summed E-state index contributed by atoms with van der Waals surface area (Å²) >= 11 is 5.36. The first-order valence-electron chi connectivity index (χ1n) is 7.05. The molecule has 0 heterocycles. The fourth-order valence-electron chi connectivity index (χ4n) is 2.48. The molecule has 0 saturated heterocycles. The minimum atomic E-state index is -7.49. The van der Waals surface area contributed by atoms with E-state index < -0.39 is 62.5 Å². The number of benzene rings is 1. The Labute approximate surface area is 161 Å². The predicted molar refractivity (Wildman–Crippen MR) is 75.3 cm³/mol. The maximum Gasteiger partial charge on any atom is 0.384 e. The van der Waals surface area contributed by atoms with Crippen LogP contribution in [0.4, 0.5) is 59.7 Å². The lowest BCUT2D eigenvalue weighted by Gasteiger charge is -2.51. The van der Waals surface area contributed by atoms with Gasteiger partial charge < -0.3 is 5.32 Å². The van der Waals surface area contributed by atoms with Gasteiger partial charge in [-0.15, -0.1) is 0 Å². The third-order valence-electron chi connectivity index (χ3n) is 4.16. The molecule has 5 nitrogen and oxygen atoms in total. The molecule has 1 fully saturated rings. The van der Waals surface area contributed by atoms with Gasteiger partial charge in [0.25, 0.3) is 11.6 Å². The number of rotatable bonds is 3. The molecule has 0 spiro atoms. The van der Waals surface area contributed by atoms with Crippen molar-refractivity contribution in [3.63, 3.8) is 0 Å². The number of nitrogens with one attached hydrogen (secondary N) is 1. The van der Waals surface area contributed by atoms with Gasteiger partial charge in [-0.3, -0.25) is 14.9 Å². The van der Waals surface area contributed by atoms with E-state index in [-0.39, 0.29) is 0 Å². The standard InChI is InChI=1S/C13H4ClF11N2O3/c14-4-1-2-5(6(3-4)27(29)30)26-7(28)8(15)9(16,17)11(20,21)13(24,25)12(22,23)10(8,18)19/h1-3H,(H,26,28). The summed E-state index contributed by atoms with van der Waals surface area (Å²) in [4.78, 5) is 21.1. The molecule has 0 aliphatic heterocycles. The molecule has 168 valence electrons. The van der Waals surface area contributed by atoms with Crippen LogP contribution in [0.5, 0.6) is 0 Å². The number of carbonyl (C=O) groups excluding carboxylic acids is 1. The Balaban J connectivity index is 2.72. The van der Waals surface area contributed by atoms with Crippen LogP contribution in [0, 0.1) is 10.1 Å². The number of halogens is 12. The first kappa shape index (κ1) is 23.9. The van der Waals surface area contributed by atoms with Crippen LogP contribution in [0.2, 0.25) is 5.02 Å². The van der Waals surface area contributed by atoms with Gasteiger partial charge >= 0.3 is 35.3 Å². The van der Waals surface area contributed by atoms with E-state index in [0.29, 0.717) is 23.5 Å². The van der Waals surface area contributed by atoms with Gasteiger partial charge in [-0.25, -0.2) is 4.39 Å². The van der Waals surface area contributed by atoms with Crippen LogP contribution in [-0.4, -0.2) is 46.1 Å². The highest BCUT2D eigenvalue weighted by atomic mass is 35.5. The van der Waals surface area contributed by atoms with Gasteiger partial charge in [-0.2, -0.15) is 43.9 Å². The van der Waals surface area contributed by atoms with Gasteiger partial charge in [0, 0.05) is 11.1 Å². The minimum Gasteiger partial charge on any atom is -0.317 e. The lowest BCUT2D eigenvalue weighted by molar-refractivity contribution is -0.475. The summed E-state index contributed by atoms with van der Waals surface area (Å²) in [5.41, 5.74) is -9.77. The number of nitro benzene ring substituents is 1. The Morgan fingerprint density at radius 1 is 0.833 bits per heavy atom. The monoisotopic (exact) mass is 480 g/mol. The maximum atomic E-state index is 14.6. The smallest absolute Gasteiger partial charge is 0.317 e. The lowest BCUT2D eigenvalue weighted by atomic mass is 9.71. The molecule has 30 heavy (non-hydrogen) atoms. The van der Waals surface area contributed by atoms with E-state index in [1.807, 2.05) is 0 Å². The normalized spacial score (nSPS) is 24.7. The molecular weight excluding hydrogens is 477 g/mol. The van der Waals surface area contributed by atoms with Crippen molar-refractivity contribution < 1.29 is 58.0 Å². The number of carbonyl (C=O) groups is 1. The van der Waals surface area contributed by atoms with Crippen molar-refractivity contribution in [1.82, 2.24) is 0 Å². The van der Waals surface area contributed by atoms with Gasteiger partial charge in [0.05, 0.1) is 4.92 Å². The maximum absolute atomic E-state index is 14.6. The second-order valence-electron chi connectivity index (χ2n) is 5.90. The first-order valence-corrected chi connectivity index (χ1v) is 7.43. The van der Waals surface area contributed by atoms with Gasteiger partial charge in [0.2, 0.25) is 0 Å². The van der Waals surface area contributed by atoms with Gasteiger partial charge in [-0.05, 0) is 12.1 Å². The largest absolute Gasteiger partial charge is 0.384 e. The van der Waals surface area contributed by atoms with Crippen LogP contribution in [-0.2, 0) is 4.79 Å². The van der Waals surface area contributed by atoms with Crippen molar-refractivity contribution in [2.45, 2.75) is 35.3 Å². The molecule has 0 aromatic heterocycles. The van der Waals surface area contributed by atoms with Crippen LogP contribution in [0.25, 0.3) is 0 Å². The van der Waals surface area contributed by atoms with Crippen molar-refractivity contribution in [1.29, 1.82) is 0 Å². The van der Waals surface area contributed by atoms with E-state index in [2.05, 4.69) is 0 Å². The molecule has 1 aromatic carbocycles. The van der Waals surface area contributed by atoms with Crippen molar-refractivity contribution in [3.8, 4) is 0 Å². The molecule has 1 saturated carbocycles. The SMILES string of the molecule is O=C(Nc1ccc(Cl)cc1[N+](=O)[O-])C1(F)C(F)(F)C(F)(F)C(F)(F)C(F)(F)C1(F)F. The first-order chi connectivity index (χ1) is 13.2. The lowest BCUT2D eigenvalue weighted by Crippen LogP contribution is -2.86. The van der Waals surface area contributed by atoms with Gasteiger partial charge in [-0.1, -0.05) is 11.6 Å². The summed E-state index contributed by atoms with van der Waals surface area (Å²) in [6, 6.07) is 1.33. The average molecular weight is 481 g/mol. The van der Waals surface area contributed by atoms with E-state index in [4.69, 9.17) is 11.6 Å². The number of amides is 1. The van der Waals surface area contributed by atoms with Crippen molar-refractivity contribution >= 4 is 28.9 Å². The second kappa shape index (κ2) is 6.31. The highest BCUT2D eigenvalue weighted by Gasteiger charge is 3.02.